The van der Waals surface area contributed by atoms with Gasteiger partial charge < -0.3 is 0 Å². The number of carbonyl (C=O) groups is 1. The molecule has 0 aromatic heterocycles. The summed E-state index contributed by atoms with van der Waals surface area (Å²) in [5, 5.41) is 0. The topological polar surface area (TPSA) is 17.1 Å². The third kappa shape index (κ3) is 3.77. The molecule has 0 N–H and O–H groups in total. The molecule has 1 rings (SSSR count). The fourth-order valence-corrected chi connectivity index (χ4v) is 2.34. The van der Waals surface area contributed by atoms with Crippen LogP contribution in [-0.2, 0) is 4.79 Å². The second kappa shape index (κ2) is 5.10. The summed E-state index contributed by atoms with van der Waals surface area (Å²) in [5.41, 5.74) is 1.21. The van der Waals surface area contributed by atoms with Crippen LogP contribution in [0.3, 0.4) is 0 Å². The first-order valence-electron chi connectivity index (χ1n) is 3.98. The molecule has 0 aliphatic rings. The third-order valence-corrected chi connectivity index (χ3v) is 3.39. The van der Waals surface area contributed by atoms with Crippen molar-refractivity contribution >= 4 is 44.3 Å². The van der Waals surface area contributed by atoms with E-state index in [0.717, 1.165) is 4.47 Å². The summed E-state index contributed by atoms with van der Waals surface area (Å²) < 4.78 is 1.37. The first-order chi connectivity index (χ1) is 6.09. The van der Waals surface area contributed by atoms with Crippen molar-refractivity contribution in [2.75, 3.05) is 0 Å². The van der Waals surface area contributed by atoms with Gasteiger partial charge in [-0.05, 0) is 24.6 Å². The molecule has 1 aromatic carbocycles. The number of hydrogen-bond donors (Lipinski definition) is 0. The maximum absolute atomic E-state index is 10.9. The van der Waals surface area contributed by atoms with E-state index in [2.05, 4.69) is 38.5 Å². The first-order valence-corrected chi connectivity index (χ1v) is 6.02. The van der Waals surface area contributed by atoms with Crippen molar-refractivity contribution in [2.45, 2.75) is 17.3 Å². The van der Waals surface area contributed by atoms with Crippen molar-refractivity contribution in [1.29, 1.82) is 0 Å². The lowest BCUT2D eigenvalue weighted by Crippen LogP contribution is -1.96. The summed E-state index contributed by atoms with van der Waals surface area (Å²) in [7, 11) is 0. The number of carbonyl (C=O) groups excluding carboxylic acids is 1. The Morgan fingerprint density at radius 3 is 2.46 bits per heavy atom. The Balaban J connectivity index is 2.71. The molecule has 0 heterocycles. The highest BCUT2D eigenvalue weighted by atomic mass is 127. The zero-order valence-electron chi connectivity index (χ0n) is 7.26. The number of alkyl halides is 1. The van der Waals surface area contributed by atoms with Crippen LogP contribution in [0.15, 0.2) is 28.7 Å². The van der Waals surface area contributed by atoms with Gasteiger partial charge in [0.15, 0.2) is 0 Å². The van der Waals surface area contributed by atoms with Gasteiger partial charge in [-0.3, -0.25) is 4.79 Å². The van der Waals surface area contributed by atoms with Gasteiger partial charge in [-0.15, -0.1) is 0 Å². The van der Waals surface area contributed by atoms with Crippen LogP contribution in [0.4, 0.5) is 0 Å². The molecule has 3 heteroatoms. The lowest BCUT2D eigenvalue weighted by Gasteiger charge is -2.07. The highest BCUT2D eigenvalue weighted by Crippen LogP contribution is 2.27. The first kappa shape index (κ1) is 11.2. The summed E-state index contributed by atoms with van der Waals surface area (Å²) in [6.45, 7) is 1.63. The number of rotatable bonds is 3. The molecule has 0 amide bonds. The molecule has 13 heavy (non-hydrogen) atoms. The SMILES string of the molecule is CC(=O)CC(I)c1ccc(Br)cc1. The molecule has 0 aliphatic heterocycles. The molecule has 1 atom stereocenters. The third-order valence-electron chi connectivity index (χ3n) is 1.70. The van der Waals surface area contributed by atoms with Crippen LogP contribution in [-0.4, -0.2) is 5.78 Å². The van der Waals surface area contributed by atoms with E-state index in [1.54, 1.807) is 6.92 Å². The van der Waals surface area contributed by atoms with Crippen molar-refractivity contribution in [3.05, 3.63) is 34.3 Å². The van der Waals surface area contributed by atoms with Crippen LogP contribution in [0.25, 0.3) is 0 Å². The fraction of sp³-hybridized carbons (Fsp3) is 0.300. The predicted molar refractivity (Wildman–Crippen MR) is 66.2 cm³/mol. The molecule has 1 nitrogen and oxygen atoms in total. The molecule has 1 aromatic rings. The normalized spacial score (nSPS) is 12.5. The molecular weight excluding hydrogens is 343 g/mol. The Morgan fingerprint density at radius 1 is 1.46 bits per heavy atom. The van der Waals surface area contributed by atoms with Gasteiger partial charge in [0.1, 0.15) is 5.78 Å². The van der Waals surface area contributed by atoms with Crippen LogP contribution in [0.2, 0.25) is 0 Å². The summed E-state index contributed by atoms with van der Waals surface area (Å²) in [6, 6.07) is 8.09. The monoisotopic (exact) mass is 352 g/mol. The molecule has 0 spiro atoms. The molecule has 0 radical (unpaired) electrons. The highest BCUT2D eigenvalue weighted by molar-refractivity contribution is 14.1. The van der Waals surface area contributed by atoms with Gasteiger partial charge in [0, 0.05) is 14.8 Å². The van der Waals surface area contributed by atoms with Gasteiger partial charge >= 0.3 is 0 Å². The van der Waals surface area contributed by atoms with Crippen LogP contribution in [0.1, 0.15) is 22.8 Å². The quantitative estimate of drug-likeness (QED) is 0.595. The molecule has 1 unspecified atom stereocenters. The standard InChI is InChI=1S/C10H10BrIO/c1-7(13)6-10(12)8-2-4-9(11)5-3-8/h2-5,10H,6H2,1H3. The van der Waals surface area contributed by atoms with Gasteiger partial charge in [-0.25, -0.2) is 0 Å². The van der Waals surface area contributed by atoms with Crippen molar-refractivity contribution in [3.63, 3.8) is 0 Å². The van der Waals surface area contributed by atoms with E-state index in [1.165, 1.54) is 5.56 Å². The largest absolute Gasteiger partial charge is 0.300 e. The van der Waals surface area contributed by atoms with E-state index in [0.29, 0.717) is 10.3 Å². The molecule has 0 fully saturated rings. The lowest BCUT2D eigenvalue weighted by atomic mass is 10.1. The molecular formula is C10H10BrIO. The second-order valence-corrected chi connectivity index (χ2v) is 5.34. The fourth-order valence-electron chi connectivity index (χ4n) is 1.04. The van der Waals surface area contributed by atoms with Crippen molar-refractivity contribution in [1.82, 2.24) is 0 Å². The minimum atomic E-state index is 0.238. The minimum Gasteiger partial charge on any atom is -0.300 e. The molecule has 70 valence electrons. The Kier molecular flexibility index (Phi) is 4.38. The van der Waals surface area contributed by atoms with E-state index >= 15 is 0 Å². The van der Waals surface area contributed by atoms with E-state index in [9.17, 15) is 4.79 Å². The van der Waals surface area contributed by atoms with Crippen molar-refractivity contribution < 1.29 is 4.79 Å². The Bertz CT molecular complexity index is 294. The maximum Gasteiger partial charge on any atom is 0.131 e. The summed E-state index contributed by atoms with van der Waals surface area (Å²) >= 11 is 5.67. The van der Waals surface area contributed by atoms with E-state index < -0.39 is 0 Å². The summed E-state index contributed by atoms with van der Waals surface area (Å²) in [6.07, 6.45) is 0.613. The maximum atomic E-state index is 10.9. The zero-order valence-corrected chi connectivity index (χ0v) is 11.0. The predicted octanol–water partition coefficient (Wildman–Crippen LogP) is 3.90. The van der Waals surface area contributed by atoms with Gasteiger partial charge in [0.25, 0.3) is 0 Å². The summed E-state index contributed by atoms with van der Waals surface area (Å²) in [5.74, 6) is 0.238. The van der Waals surface area contributed by atoms with Crippen LogP contribution < -0.4 is 0 Å². The Morgan fingerprint density at radius 2 is 2.00 bits per heavy atom. The minimum absolute atomic E-state index is 0.238. The van der Waals surface area contributed by atoms with Gasteiger partial charge in [-0.2, -0.15) is 0 Å². The number of Topliss-reactive ketones (excluding diaryl/α,β-unsaturated/α-hetero) is 1. The molecule has 0 saturated heterocycles. The molecule has 0 bridgehead atoms. The van der Waals surface area contributed by atoms with E-state index in [4.69, 9.17) is 0 Å². The average molecular weight is 353 g/mol. The van der Waals surface area contributed by atoms with Gasteiger partial charge in [0.2, 0.25) is 0 Å². The molecule has 0 saturated carbocycles. The zero-order chi connectivity index (χ0) is 9.84. The van der Waals surface area contributed by atoms with Crippen LogP contribution in [0, 0.1) is 0 Å². The van der Waals surface area contributed by atoms with Gasteiger partial charge in [0.05, 0.1) is 0 Å². The van der Waals surface area contributed by atoms with Crippen molar-refractivity contribution in [3.8, 4) is 0 Å². The number of ketones is 1. The van der Waals surface area contributed by atoms with E-state index in [1.807, 2.05) is 24.3 Å². The van der Waals surface area contributed by atoms with Gasteiger partial charge in [-0.1, -0.05) is 50.7 Å². The Labute approximate surface area is 100 Å². The van der Waals surface area contributed by atoms with Crippen molar-refractivity contribution in [2.24, 2.45) is 0 Å². The average Bonchev–Trinajstić information content (AvgIpc) is 2.04. The number of benzene rings is 1. The van der Waals surface area contributed by atoms with Crippen LogP contribution >= 0.6 is 38.5 Å². The molecule has 0 aliphatic carbocycles. The number of hydrogen-bond acceptors (Lipinski definition) is 1. The van der Waals surface area contributed by atoms with E-state index in [-0.39, 0.29) is 5.78 Å². The second-order valence-electron chi connectivity index (χ2n) is 2.93. The summed E-state index contributed by atoms with van der Waals surface area (Å²) in [4.78, 5) is 10.9. The lowest BCUT2D eigenvalue weighted by molar-refractivity contribution is -0.116. The van der Waals surface area contributed by atoms with Crippen LogP contribution in [0.5, 0.6) is 0 Å². The smallest absolute Gasteiger partial charge is 0.131 e. The number of halogens is 2. The highest BCUT2D eigenvalue weighted by Gasteiger charge is 2.08. The Hall–Kier alpha value is 0.1000.